The molecule has 1 atom stereocenters. The molecule has 0 aromatic rings. The molecule has 6 heteroatoms. The fourth-order valence-corrected chi connectivity index (χ4v) is 1.12. The predicted molar refractivity (Wildman–Crippen MR) is 46.5 cm³/mol. The lowest BCUT2D eigenvalue weighted by Gasteiger charge is -2.33. The third-order valence-electron chi connectivity index (χ3n) is 1.77. The largest absolute Gasteiger partial charge is 0.331 e. The number of hydrogen-bond donors (Lipinski definition) is 1. The van der Waals surface area contributed by atoms with Crippen molar-refractivity contribution in [2.45, 2.75) is 6.04 Å². The molecule has 1 fully saturated rings. The molecular formula is C6H9N3O2S. The van der Waals surface area contributed by atoms with Gasteiger partial charge in [-0.05, 0) is 0 Å². The first-order chi connectivity index (χ1) is 5.46. The minimum absolute atomic E-state index is 0.170. The fraction of sp³-hybridized carbons (Fsp3) is 0.500. The Morgan fingerprint density at radius 1 is 1.33 bits per heavy atom. The standard InChI is InChI=1S/C6H9N3O2S/c1-8-4(10)3(7)5(12)9(2)6(8)11/h3H,7H2,1-2H3. The molecule has 1 aliphatic rings. The summed E-state index contributed by atoms with van der Waals surface area (Å²) >= 11 is 4.79. The maximum atomic E-state index is 11.2. The number of likely N-dealkylation sites (N-methyl/N-ethyl adjacent to an activating group) is 2. The van der Waals surface area contributed by atoms with Crippen molar-refractivity contribution >= 4 is 29.1 Å². The number of rotatable bonds is 0. The molecular weight excluding hydrogens is 178 g/mol. The van der Waals surface area contributed by atoms with E-state index in [0.717, 1.165) is 4.90 Å². The van der Waals surface area contributed by atoms with Crippen molar-refractivity contribution in [1.82, 2.24) is 9.80 Å². The van der Waals surface area contributed by atoms with E-state index in [1.54, 1.807) is 0 Å². The lowest BCUT2D eigenvalue weighted by atomic mass is 10.2. The molecule has 0 saturated carbocycles. The molecule has 2 N–H and O–H groups in total. The van der Waals surface area contributed by atoms with E-state index in [1.165, 1.54) is 19.0 Å². The van der Waals surface area contributed by atoms with Crippen molar-refractivity contribution in [2.24, 2.45) is 5.73 Å². The zero-order valence-electron chi connectivity index (χ0n) is 6.77. The highest BCUT2D eigenvalue weighted by Gasteiger charge is 2.37. The second kappa shape index (κ2) is 2.80. The van der Waals surface area contributed by atoms with Crippen LogP contribution in [0, 0.1) is 0 Å². The van der Waals surface area contributed by atoms with Crippen LogP contribution in [0.2, 0.25) is 0 Å². The van der Waals surface area contributed by atoms with E-state index < -0.39 is 18.0 Å². The zero-order valence-corrected chi connectivity index (χ0v) is 7.59. The summed E-state index contributed by atoms with van der Waals surface area (Å²) in [5, 5.41) is 0. The van der Waals surface area contributed by atoms with Crippen LogP contribution < -0.4 is 5.73 Å². The summed E-state index contributed by atoms with van der Waals surface area (Å²) in [6, 6.07) is -1.31. The fourth-order valence-electron chi connectivity index (χ4n) is 0.936. The Labute approximate surface area is 75.1 Å². The van der Waals surface area contributed by atoms with Crippen LogP contribution in [-0.4, -0.2) is 46.9 Å². The number of hydrogen-bond acceptors (Lipinski definition) is 4. The van der Waals surface area contributed by atoms with Crippen LogP contribution in [0.15, 0.2) is 0 Å². The summed E-state index contributed by atoms with van der Waals surface area (Å²) in [5.41, 5.74) is 5.44. The van der Waals surface area contributed by atoms with Crippen LogP contribution in [0.3, 0.4) is 0 Å². The van der Waals surface area contributed by atoms with E-state index >= 15 is 0 Å². The molecule has 0 aliphatic carbocycles. The number of carbonyl (C=O) groups excluding carboxylic acids is 2. The van der Waals surface area contributed by atoms with E-state index in [0.29, 0.717) is 0 Å². The number of carbonyl (C=O) groups is 2. The molecule has 1 unspecified atom stereocenters. The molecule has 0 bridgehead atoms. The van der Waals surface area contributed by atoms with Crippen molar-refractivity contribution in [3.8, 4) is 0 Å². The molecule has 5 nitrogen and oxygen atoms in total. The van der Waals surface area contributed by atoms with Crippen LogP contribution in [0.1, 0.15) is 0 Å². The van der Waals surface area contributed by atoms with Gasteiger partial charge in [0.2, 0.25) is 0 Å². The number of thiocarbonyl (C=S) groups is 1. The van der Waals surface area contributed by atoms with Gasteiger partial charge in [-0.2, -0.15) is 0 Å². The summed E-state index contributed by atoms with van der Waals surface area (Å²) in [4.78, 5) is 24.7. The SMILES string of the molecule is CN1C(=O)C(N)C(=S)N(C)C1=O. The molecule has 1 rings (SSSR count). The van der Waals surface area contributed by atoms with Crippen molar-refractivity contribution in [1.29, 1.82) is 0 Å². The minimum atomic E-state index is -0.868. The highest BCUT2D eigenvalue weighted by molar-refractivity contribution is 7.80. The monoisotopic (exact) mass is 187 g/mol. The predicted octanol–water partition coefficient (Wildman–Crippen LogP) is -0.835. The van der Waals surface area contributed by atoms with Gasteiger partial charge in [-0.15, -0.1) is 0 Å². The Hall–Kier alpha value is -1.01. The van der Waals surface area contributed by atoms with Gasteiger partial charge in [-0.25, -0.2) is 4.79 Å². The van der Waals surface area contributed by atoms with Crippen LogP contribution >= 0.6 is 12.2 Å². The molecule has 0 spiro atoms. The molecule has 12 heavy (non-hydrogen) atoms. The number of nitrogens with two attached hydrogens (primary N) is 1. The summed E-state index contributed by atoms with van der Waals surface area (Å²) in [6.45, 7) is 0. The molecule has 1 saturated heterocycles. The highest BCUT2D eigenvalue weighted by Crippen LogP contribution is 2.08. The summed E-state index contributed by atoms with van der Waals surface area (Å²) < 4.78 is 0. The number of imide groups is 1. The van der Waals surface area contributed by atoms with Crippen LogP contribution in [-0.2, 0) is 4.79 Å². The Bertz CT molecular complexity index is 205. The van der Waals surface area contributed by atoms with E-state index in [9.17, 15) is 9.59 Å². The lowest BCUT2D eigenvalue weighted by Crippen LogP contribution is -2.61. The first-order valence-corrected chi connectivity index (χ1v) is 3.72. The maximum absolute atomic E-state index is 11.2. The molecule has 66 valence electrons. The van der Waals surface area contributed by atoms with Gasteiger partial charge in [-0.3, -0.25) is 14.6 Å². The van der Waals surface area contributed by atoms with Gasteiger partial charge in [0.15, 0.2) is 0 Å². The van der Waals surface area contributed by atoms with Crippen LogP contribution in [0.25, 0.3) is 0 Å². The van der Waals surface area contributed by atoms with Gasteiger partial charge in [0.1, 0.15) is 11.0 Å². The van der Waals surface area contributed by atoms with Crippen molar-refractivity contribution in [3.63, 3.8) is 0 Å². The molecule has 3 amide bonds. The Morgan fingerprint density at radius 2 is 1.83 bits per heavy atom. The van der Waals surface area contributed by atoms with E-state index in [4.69, 9.17) is 18.0 Å². The number of nitrogens with zero attached hydrogens (tertiary/aromatic N) is 2. The average molecular weight is 187 g/mol. The molecule has 0 radical (unpaired) electrons. The average Bonchev–Trinajstić information content (AvgIpc) is 2.08. The topological polar surface area (TPSA) is 66.6 Å². The molecule has 0 aromatic heterocycles. The first-order valence-electron chi connectivity index (χ1n) is 3.31. The van der Waals surface area contributed by atoms with E-state index in [-0.39, 0.29) is 4.99 Å². The number of urea groups is 1. The highest BCUT2D eigenvalue weighted by atomic mass is 32.1. The summed E-state index contributed by atoms with van der Waals surface area (Å²) in [5.74, 6) is -0.455. The number of amides is 3. The van der Waals surface area contributed by atoms with Gasteiger partial charge in [0.05, 0.1) is 0 Å². The molecule has 1 heterocycles. The van der Waals surface area contributed by atoms with Gasteiger partial charge >= 0.3 is 6.03 Å². The maximum Gasteiger partial charge on any atom is 0.331 e. The van der Waals surface area contributed by atoms with Gasteiger partial charge in [0.25, 0.3) is 5.91 Å². The Balaban J connectivity index is 2.99. The van der Waals surface area contributed by atoms with E-state index in [2.05, 4.69) is 0 Å². The normalized spacial score (nSPS) is 25.2. The van der Waals surface area contributed by atoms with Crippen LogP contribution in [0.5, 0.6) is 0 Å². The van der Waals surface area contributed by atoms with Gasteiger partial charge < -0.3 is 5.73 Å². The second-order valence-corrected chi connectivity index (χ2v) is 2.97. The zero-order chi connectivity index (χ0) is 9.46. The quantitative estimate of drug-likeness (QED) is 0.502. The third kappa shape index (κ3) is 1.09. The Morgan fingerprint density at radius 3 is 2.33 bits per heavy atom. The molecule has 1 aliphatic heterocycles. The van der Waals surface area contributed by atoms with E-state index in [1.807, 2.05) is 0 Å². The van der Waals surface area contributed by atoms with Crippen molar-refractivity contribution in [3.05, 3.63) is 0 Å². The van der Waals surface area contributed by atoms with Gasteiger partial charge in [-0.1, -0.05) is 12.2 Å². The Kier molecular flexibility index (Phi) is 2.12. The smallest absolute Gasteiger partial charge is 0.314 e. The summed E-state index contributed by atoms with van der Waals surface area (Å²) in [7, 11) is 2.87. The van der Waals surface area contributed by atoms with Crippen molar-refractivity contribution in [2.75, 3.05) is 14.1 Å². The second-order valence-electron chi connectivity index (χ2n) is 2.55. The van der Waals surface area contributed by atoms with Crippen molar-refractivity contribution < 1.29 is 9.59 Å². The minimum Gasteiger partial charge on any atom is -0.314 e. The lowest BCUT2D eigenvalue weighted by molar-refractivity contribution is -0.128. The van der Waals surface area contributed by atoms with Crippen LogP contribution in [0.4, 0.5) is 4.79 Å². The van der Waals surface area contributed by atoms with Gasteiger partial charge in [0, 0.05) is 14.1 Å². The summed E-state index contributed by atoms with van der Waals surface area (Å²) in [6.07, 6.45) is 0. The molecule has 0 aromatic carbocycles. The third-order valence-corrected chi connectivity index (χ3v) is 2.29. The first kappa shape index (κ1) is 9.08.